The summed E-state index contributed by atoms with van der Waals surface area (Å²) in [4.78, 5) is 15.8. The number of carbonyl (C=O) groups is 1. The molecule has 0 aromatic heterocycles. The minimum Gasteiger partial charge on any atom is -0.339 e. The molecule has 0 N–H and O–H groups in total. The Morgan fingerprint density at radius 3 is 2.33 bits per heavy atom. The lowest BCUT2D eigenvalue weighted by Crippen LogP contribution is -2.52. The van der Waals surface area contributed by atoms with Gasteiger partial charge in [0.05, 0.1) is 10.1 Å². The molecule has 5 nitrogen and oxygen atoms in total. The van der Waals surface area contributed by atoms with Crippen LogP contribution in [0.3, 0.4) is 0 Å². The van der Waals surface area contributed by atoms with Gasteiger partial charge in [0.15, 0.2) is 0 Å². The number of thioether (sulfide) groups is 1. The smallest absolute Gasteiger partial charge is 0.243 e. The van der Waals surface area contributed by atoms with Crippen LogP contribution in [0.25, 0.3) is 0 Å². The molecule has 1 saturated heterocycles. The van der Waals surface area contributed by atoms with Gasteiger partial charge in [0.25, 0.3) is 0 Å². The van der Waals surface area contributed by atoms with Crippen LogP contribution in [0.5, 0.6) is 0 Å². The van der Waals surface area contributed by atoms with Gasteiger partial charge in [-0.25, -0.2) is 8.42 Å². The van der Waals surface area contributed by atoms with Crippen LogP contribution in [0, 0.1) is 0 Å². The van der Waals surface area contributed by atoms with E-state index < -0.39 is 10.0 Å². The Morgan fingerprint density at radius 1 is 1.04 bits per heavy atom. The minimum atomic E-state index is -3.54. The van der Waals surface area contributed by atoms with E-state index >= 15 is 0 Å². The van der Waals surface area contributed by atoms with Gasteiger partial charge in [-0.2, -0.15) is 4.31 Å². The second-order valence-electron chi connectivity index (χ2n) is 6.26. The summed E-state index contributed by atoms with van der Waals surface area (Å²) < 4.78 is 27.8. The first kappa shape index (κ1) is 20.4. The Kier molecular flexibility index (Phi) is 6.62. The number of sulfonamides is 1. The third-order valence-corrected chi connectivity index (χ3v) is 7.88. The molecule has 8 heteroatoms. The van der Waals surface area contributed by atoms with Crippen LogP contribution in [-0.2, 0) is 14.8 Å². The molecule has 0 radical (unpaired) electrons. The van der Waals surface area contributed by atoms with Gasteiger partial charge in [-0.3, -0.25) is 4.79 Å². The van der Waals surface area contributed by atoms with Crippen molar-refractivity contribution in [2.24, 2.45) is 0 Å². The van der Waals surface area contributed by atoms with Crippen molar-refractivity contribution in [2.45, 2.75) is 22.0 Å². The summed E-state index contributed by atoms with van der Waals surface area (Å²) in [7, 11) is -3.54. The van der Waals surface area contributed by atoms with Crippen molar-refractivity contribution in [3.63, 3.8) is 0 Å². The standard InChI is InChI=1S/C19H21BrN2O3S2/c1-15(26-17-7-3-2-4-8-17)19(23)21-10-12-22(13-11-21)27(24,25)18-9-5-6-16(20)14-18/h2-9,14-15H,10-13H2,1H3/t15-/m0/s1. The highest BCUT2D eigenvalue weighted by Gasteiger charge is 2.31. The maximum Gasteiger partial charge on any atom is 0.243 e. The summed E-state index contributed by atoms with van der Waals surface area (Å²) in [5.74, 6) is 0.0448. The van der Waals surface area contributed by atoms with Crippen molar-refractivity contribution in [3.8, 4) is 0 Å². The molecule has 2 aromatic carbocycles. The number of rotatable bonds is 5. The molecule has 0 bridgehead atoms. The highest BCUT2D eigenvalue weighted by molar-refractivity contribution is 9.10. The van der Waals surface area contributed by atoms with E-state index in [1.807, 2.05) is 37.3 Å². The monoisotopic (exact) mass is 468 g/mol. The van der Waals surface area contributed by atoms with Gasteiger partial charge in [0.2, 0.25) is 15.9 Å². The summed E-state index contributed by atoms with van der Waals surface area (Å²) in [6.07, 6.45) is 0. The molecular formula is C19H21BrN2O3S2. The molecule has 1 heterocycles. The van der Waals surface area contributed by atoms with Gasteiger partial charge in [0.1, 0.15) is 0 Å². The summed E-state index contributed by atoms with van der Waals surface area (Å²) in [6.45, 7) is 3.33. The fourth-order valence-corrected chi connectivity index (χ4v) is 5.93. The number of halogens is 1. The van der Waals surface area contributed by atoms with E-state index in [4.69, 9.17) is 0 Å². The lowest BCUT2D eigenvalue weighted by Gasteiger charge is -2.35. The largest absolute Gasteiger partial charge is 0.339 e. The van der Waals surface area contributed by atoms with Gasteiger partial charge in [0, 0.05) is 35.5 Å². The van der Waals surface area contributed by atoms with Gasteiger partial charge >= 0.3 is 0 Å². The Balaban J connectivity index is 1.60. The second-order valence-corrected chi connectivity index (χ2v) is 10.5. The SMILES string of the molecule is C[C@H](Sc1ccccc1)C(=O)N1CCN(S(=O)(=O)c2cccc(Br)c2)CC1. The number of hydrogen-bond acceptors (Lipinski definition) is 4. The molecule has 1 aliphatic heterocycles. The maximum atomic E-state index is 12.8. The number of carbonyl (C=O) groups excluding carboxylic acids is 1. The van der Waals surface area contributed by atoms with Crippen LogP contribution in [0.1, 0.15) is 6.92 Å². The molecule has 0 aliphatic carbocycles. The van der Waals surface area contributed by atoms with Gasteiger partial charge in [-0.15, -0.1) is 11.8 Å². The van der Waals surface area contributed by atoms with E-state index in [0.29, 0.717) is 26.2 Å². The van der Waals surface area contributed by atoms with Crippen LogP contribution in [0.15, 0.2) is 68.9 Å². The molecule has 2 aromatic rings. The van der Waals surface area contributed by atoms with Crippen molar-refractivity contribution >= 4 is 43.6 Å². The first-order valence-corrected chi connectivity index (χ1v) is 11.8. The molecule has 0 unspecified atom stereocenters. The predicted octanol–water partition coefficient (Wildman–Crippen LogP) is 3.46. The zero-order chi connectivity index (χ0) is 19.4. The number of nitrogens with zero attached hydrogens (tertiary/aromatic N) is 2. The zero-order valence-electron chi connectivity index (χ0n) is 14.9. The molecule has 3 rings (SSSR count). The lowest BCUT2D eigenvalue weighted by atomic mass is 10.3. The number of benzene rings is 2. The highest BCUT2D eigenvalue weighted by Crippen LogP contribution is 2.25. The van der Waals surface area contributed by atoms with Crippen LogP contribution in [-0.4, -0.2) is 55.0 Å². The zero-order valence-corrected chi connectivity index (χ0v) is 18.1. The van der Waals surface area contributed by atoms with Crippen molar-refractivity contribution in [3.05, 3.63) is 59.1 Å². The van der Waals surface area contributed by atoms with E-state index in [2.05, 4.69) is 15.9 Å². The lowest BCUT2D eigenvalue weighted by molar-refractivity contribution is -0.131. The first-order chi connectivity index (χ1) is 12.9. The van der Waals surface area contributed by atoms with E-state index in [-0.39, 0.29) is 16.1 Å². The second kappa shape index (κ2) is 8.77. The molecular weight excluding hydrogens is 448 g/mol. The molecule has 1 atom stereocenters. The van der Waals surface area contributed by atoms with Gasteiger partial charge in [-0.1, -0.05) is 40.2 Å². The third-order valence-electron chi connectivity index (χ3n) is 4.39. The van der Waals surface area contributed by atoms with Crippen LogP contribution in [0.4, 0.5) is 0 Å². The minimum absolute atomic E-state index is 0.0448. The number of hydrogen-bond donors (Lipinski definition) is 0. The van der Waals surface area contributed by atoms with Crippen LogP contribution in [0.2, 0.25) is 0 Å². The average molecular weight is 469 g/mol. The van der Waals surface area contributed by atoms with E-state index in [9.17, 15) is 13.2 Å². The Hall–Kier alpha value is -1.35. The van der Waals surface area contributed by atoms with Gasteiger partial charge < -0.3 is 4.90 Å². The van der Waals surface area contributed by atoms with Gasteiger partial charge in [-0.05, 0) is 37.3 Å². The van der Waals surface area contributed by atoms with Crippen LogP contribution < -0.4 is 0 Å². The Morgan fingerprint density at radius 2 is 1.70 bits per heavy atom. The fourth-order valence-electron chi connectivity index (χ4n) is 2.94. The summed E-state index contributed by atoms with van der Waals surface area (Å²) in [6, 6.07) is 16.5. The predicted molar refractivity (Wildman–Crippen MR) is 111 cm³/mol. The third kappa shape index (κ3) is 4.93. The van der Waals surface area contributed by atoms with Crippen molar-refractivity contribution < 1.29 is 13.2 Å². The normalized spacial score (nSPS) is 16.9. The van der Waals surface area contributed by atoms with Crippen molar-refractivity contribution in [2.75, 3.05) is 26.2 Å². The fraction of sp³-hybridized carbons (Fsp3) is 0.316. The summed E-state index contributed by atoms with van der Waals surface area (Å²) >= 11 is 4.83. The molecule has 1 aliphatic rings. The molecule has 144 valence electrons. The Labute approximate surface area is 172 Å². The Bertz CT molecular complexity index is 898. The molecule has 0 saturated carbocycles. The summed E-state index contributed by atoms with van der Waals surface area (Å²) in [5.41, 5.74) is 0. The molecule has 1 amide bonds. The molecule has 1 fully saturated rings. The maximum absolute atomic E-state index is 12.8. The topological polar surface area (TPSA) is 57.7 Å². The van der Waals surface area contributed by atoms with Crippen LogP contribution >= 0.6 is 27.7 Å². The molecule has 0 spiro atoms. The van der Waals surface area contributed by atoms with E-state index in [1.165, 1.54) is 16.1 Å². The molecule has 27 heavy (non-hydrogen) atoms. The van der Waals surface area contributed by atoms with E-state index in [1.54, 1.807) is 29.2 Å². The van der Waals surface area contributed by atoms with Crippen molar-refractivity contribution in [1.29, 1.82) is 0 Å². The van der Waals surface area contributed by atoms with Crippen molar-refractivity contribution in [1.82, 2.24) is 9.21 Å². The number of amides is 1. The van der Waals surface area contributed by atoms with E-state index in [0.717, 1.165) is 9.37 Å². The highest BCUT2D eigenvalue weighted by atomic mass is 79.9. The first-order valence-electron chi connectivity index (χ1n) is 8.64. The average Bonchev–Trinajstić information content (AvgIpc) is 2.68. The quantitative estimate of drug-likeness (QED) is 0.630. The number of piperazine rings is 1. The summed E-state index contributed by atoms with van der Waals surface area (Å²) in [5, 5.41) is -0.208.